The highest BCUT2D eigenvalue weighted by Gasteiger charge is 2.02. The summed E-state index contributed by atoms with van der Waals surface area (Å²) in [5.41, 5.74) is 2.02. The highest BCUT2D eigenvalue weighted by Crippen LogP contribution is 2.06. The molecule has 0 spiro atoms. The summed E-state index contributed by atoms with van der Waals surface area (Å²) in [6, 6.07) is 7.69. The second-order valence-electron chi connectivity index (χ2n) is 2.93. The molecule has 0 aliphatic carbocycles. The van der Waals surface area contributed by atoms with Crippen LogP contribution in [0.25, 0.3) is 6.08 Å². The van der Waals surface area contributed by atoms with Crippen LogP contribution in [0, 0.1) is 0 Å². The zero-order valence-electron chi connectivity index (χ0n) is 8.32. The Kier molecular flexibility index (Phi) is 3.92. The van der Waals surface area contributed by atoms with Gasteiger partial charge in [-0.1, -0.05) is 36.9 Å². The largest absolute Gasteiger partial charge is 0.466 e. The number of esters is 1. The lowest BCUT2D eigenvalue weighted by Gasteiger charge is -2.02. The summed E-state index contributed by atoms with van der Waals surface area (Å²) in [6.45, 7) is 5.90. The van der Waals surface area contributed by atoms with Crippen LogP contribution >= 0.6 is 0 Å². The molecule has 1 aromatic carbocycles. The molecule has 0 aliphatic heterocycles. The highest BCUT2D eigenvalue weighted by molar-refractivity contribution is 5.72. The Balaban J connectivity index is 2.59. The monoisotopic (exact) mass is 190 g/mol. The summed E-state index contributed by atoms with van der Waals surface area (Å²) in [4.78, 5) is 11.1. The minimum atomic E-state index is -0.182. The molecule has 2 heteroatoms. The summed E-state index contributed by atoms with van der Waals surface area (Å²) < 4.78 is 4.84. The zero-order chi connectivity index (χ0) is 10.4. The summed E-state index contributed by atoms with van der Waals surface area (Å²) in [5.74, 6) is -0.182. The predicted octanol–water partition coefficient (Wildman–Crippen LogP) is 2.44. The van der Waals surface area contributed by atoms with Crippen molar-refractivity contribution in [3.05, 3.63) is 42.0 Å². The lowest BCUT2D eigenvalue weighted by atomic mass is 10.1. The van der Waals surface area contributed by atoms with E-state index in [9.17, 15) is 4.79 Å². The van der Waals surface area contributed by atoms with Crippen molar-refractivity contribution in [2.24, 2.45) is 0 Å². The fraction of sp³-hybridized carbons (Fsp3) is 0.250. The van der Waals surface area contributed by atoms with E-state index in [2.05, 4.69) is 6.58 Å². The Bertz CT molecular complexity index is 312. The quantitative estimate of drug-likeness (QED) is 0.681. The minimum absolute atomic E-state index is 0.182. The smallest absolute Gasteiger partial charge is 0.310 e. The van der Waals surface area contributed by atoms with Crippen LogP contribution in [0.3, 0.4) is 0 Å². The minimum Gasteiger partial charge on any atom is -0.466 e. The van der Waals surface area contributed by atoms with Crippen molar-refractivity contribution >= 4 is 12.0 Å². The third-order valence-corrected chi connectivity index (χ3v) is 1.87. The Hall–Kier alpha value is -1.57. The first kappa shape index (κ1) is 10.5. The standard InChI is InChI=1S/C12H14O2/c1-3-10-5-7-11(8-6-10)9-12(13)14-4-2/h3,5-8H,1,4,9H2,2H3. The molecule has 0 fully saturated rings. The third-order valence-electron chi connectivity index (χ3n) is 1.87. The van der Waals surface area contributed by atoms with E-state index in [0.29, 0.717) is 13.0 Å². The first-order valence-electron chi connectivity index (χ1n) is 4.63. The predicted molar refractivity (Wildman–Crippen MR) is 56.9 cm³/mol. The van der Waals surface area contributed by atoms with Crippen molar-refractivity contribution in [2.75, 3.05) is 6.61 Å². The maximum atomic E-state index is 11.1. The molecule has 2 nitrogen and oxygen atoms in total. The van der Waals surface area contributed by atoms with E-state index in [1.54, 1.807) is 13.0 Å². The second kappa shape index (κ2) is 5.22. The number of carbonyl (C=O) groups is 1. The molecule has 0 unspecified atom stereocenters. The van der Waals surface area contributed by atoms with E-state index in [0.717, 1.165) is 11.1 Å². The number of hydrogen-bond donors (Lipinski definition) is 0. The van der Waals surface area contributed by atoms with Crippen molar-refractivity contribution < 1.29 is 9.53 Å². The van der Waals surface area contributed by atoms with Crippen molar-refractivity contribution in [1.29, 1.82) is 0 Å². The Morgan fingerprint density at radius 1 is 1.43 bits per heavy atom. The van der Waals surface area contributed by atoms with Gasteiger partial charge in [-0.2, -0.15) is 0 Å². The van der Waals surface area contributed by atoms with Gasteiger partial charge in [-0.3, -0.25) is 4.79 Å². The Morgan fingerprint density at radius 2 is 2.07 bits per heavy atom. The van der Waals surface area contributed by atoms with Gasteiger partial charge in [0, 0.05) is 0 Å². The molecule has 0 amide bonds. The van der Waals surface area contributed by atoms with Crippen LogP contribution in [0.4, 0.5) is 0 Å². The van der Waals surface area contributed by atoms with Crippen LogP contribution in [0.1, 0.15) is 18.1 Å². The summed E-state index contributed by atoms with van der Waals surface area (Å²) in [5, 5.41) is 0. The van der Waals surface area contributed by atoms with Crippen LogP contribution in [0.5, 0.6) is 0 Å². The van der Waals surface area contributed by atoms with Crippen LogP contribution in [-0.4, -0.2) is 12.6 Å². The Morgan fingerprint density at radius 3 is 2.57 bits per heavy atom. The van der Waals surface area contributed by atoms with Gasteiger partial charge in [-0.25, -0.2) is 0 Å². The SMILES string of the molecule is C=Cc1ccc(CC(=O)OCC)cc1. The van der Waals surface area contributed by atoms with Crippen LogP contribution in [0.15, 0.2) is 30.8 Å². The van der Waals surface area contributed by atoms with Gasteiger partial charge in [0.1, 0.15) is 0 Å². The molecule has 1 aromatic rings. The molecule has 0 aliphatic rings. The molecule has 0 aromatic heterocycles. The number of benzene rings is 1. The number of carbonyl (C=O) groups excluding carboxylic acids is 1. The molecule has 0 bridgehead atoms. The number of hydrogen-bond acceptors (Lipinski definition) is 2. The van der Waals surface area contributed by atoms with Crippen LogP contribution < -0.4 is 0 Å². The average molecular weight is 190 g/mol. The van der Waals surface area contributed by atoms with Gasteiger partial charge in [0.05, 0.1) is 13.0 Å². The summed E-state index contributed by atoms with van der Waals surface area (Å²) >= 11 is 0. The van der Waals surface area contributed by atoms with Gasteiger partial charge in [-0.15, -0.1) is 0 Å². The molecule has 0 atom stereocenters. The van der Waals surface area contributed by atoms with E-state index in [1.807, 2.05) is 24.3 Å². The number of rotatable bonds is 4. The van der Waals surface area contributed by atoms with Crippen LogP contribution in [0.2, 0.25) is 0 Å². The molecule has 1 rings (SSSR count). The molecule has 14 heavy (non-hydrogen) atoms. The lowest BCUT2D eigenvalue weighted by molar-refractivity contribution is -0.142. The summed E-state index contributed by atoms with van der Waals surface area (Å²) in [7, 11) is 0. The number of ether oxygens (including phenoxy) is 1. The van der Waals surface area contributed by atoms with E-state index in [1.165, 1.54) is 0 Å². The molecule has 0 radical (unpaired) electrons. The molecular weight excluding hydrogens is 176 g/mol. The first-order valence-corrected chi connectivity index (χ1v) is 4.63. The van der Waals surface area contributed by atoms with Gasteiger partial charge in [0.2, 0.25) is 0 Å². The van der Waals surface area contributed by atoms with Gasteiger partial charge in [0.15, 0.2) is 0 Å². The van der Waals surface area contributed by atoms with Crippen molar-refractivity contribution in [1.82, 2.24) is 0 Å². The van der Waals surface area contributed by atoms with Gasteiger partial charge in [0.25, 0.3) is 0 Å². The molecule has 74 valence electrons. The third kappa shape index (κ3) is 3.05. The van der Waals surface area contributed by atoms with Crippen molar-refractivity contribution in [3.8, 4) is 0 Å². The maximum Gasteiger partial charge on any atom is 0.310 e. The molecule has 0 saturated carbocycles. The van der Waals surface area contributed by atoms with E-state index in [4.69, 9.17) is 4.74 Å². The fourth-order valence-electron chi connectivity index (χ4n) is 1.15. The van der Waals surface area contributed by atoms with Crippen LogP contribution in [-0.2, 0) is 16.0 Å². The topological polar surface area (TPSA) is 26.3 Å². The van der Waals surface area contributed by atoms with Gasteiger partial charge < -0.3 is 4.74 Å². The van der Waals surface area contributed by atoms with Gasteiger partial charge in [-0.05, 0) is 18.1 Å². The summed E-state index contributed by atoms with van der Waals surface area (Å²) in [6.07, 6.45) is 2.11. The zero-order valence-corrected chi connectivity index (χ0v) is 8.32. The molecule has 0 N–H and O–H groups in total. The first-order chi connectivity index (χ1) is 6.76. The highest BCUT2D eigenvalue weighted by atomic mass is 16.5. The van der Waals surface area contributed by atoms with E-state index < -0.39 is 0 Å². The average Bonchev–Trinajstić information content (AvgIpc) is 2.19. The molecular formula is C12H14O2. The van der Waals surface area contributed by atoms with Crippen molar-refractivity contribution in [2.45, 2.75) is 13.3 Å². The van der Waals surface area contributed by atoms with Gasteiger partial charge >= 0.3 is 5.97 Å². The molecule has 0 saturated heterocycles. The Labute approximate surface area is 84.2 Å². The molecule has 0 heterocycles. The second-order valence-corrected chi connectivity index (χ2v) is 2.93. The maximum absolute atomic E-state index is 11.1. The lowest BCUT2D eigenvalue weighted by Crippen LogP contribution is -2.07. The van der Waals surface area contributed by atoms with E-state index in [-0.39, 0.29) is 5.97 Å². The van der Waals surface area contributed by atoms with Crippen molar-refractivity contribution in [3.63, 3.8) is 0 Å². The van der Waals surface area contributed by atoms with E-state index >= 15 is 0 Å². The fourth-order valence-corrected chi connectivity index (χ4v) is 1.15. The normalized spacial score (nSPS) is 9.50.